The van der Waals surface area contributed by atoms with Crippen LogP contribution in [-0.4, -0.2) is 36.1 Å². The average Bonchev–Trinajstić information content (AvgIpc) is 2.61. The van der Waals surface area contributed by atoms with Gasteiger partial charge in [-0.2, -0.15) is 0 Å². The van der Waals surface area contributed by atoms with Crippen LogP contribution in [0.15, 0.2) is 42.6 Å². The van der Waals surface area contributed by atoms with Crippen molar-refractivity contribution in [2.24, 2.45) is 0 Å². The molecule has 1 aliphatic heterocycles. The Kier molecular flexibility index (Phi) is 3.87. The van der Waals surface area contributed by atoms with Crippen molar-refractivity contribution in [3.05, 3.63) is 65.0 Å². The first kappa shape index (κ1) is 14.4. The summed E-state index contributed by atoms with van der Waals surface area (Å²) < 4.78 is 6.07. The summed E-state index contributed by atoms with van der Waals surface area (Å²) >= 11 is 0. The number of likely N-dealkylation sites (N-methyl/N-ethyl adjacent to an activating group) is 1. The van der Waals surface area contributed by atoms with Gasteiger partial charge in [0.25, 0.3) is 0 Å². The molecule has 3 nitrogen and oxygen atoms in total. The lowest BCUT2D eigenvalue weighted by Crippen LogP contribution is -2.47. The van der Waals surface area contributed by atoms with E-state index in [0.717, 1.165) is 37.1 Å². The highest BCUT2D eigenvalue weighted by Gasteiger charge is 2.36. The summed E-state index contributed by atoms with van der Waals surface area (Å²) in [6.07, 6.45) is 4.18. The van der Waals surface area contributed by atoms with E-state index in [9.17, 15) is 0 Å². The summed E-state index contributed by atoms with van der Waals surface area (Å²) in [5, 5.41) is 0. The van der Waals surface area contributed by atoms with Crippen molar-refractivity contribution in [1.29, 1.82) is 0 Å². The molecule has 1 aromatic carbocycles. The Morgan fingerprint density at radius 3 is 2.87 bits per heavy atom. The predicted octanol–water partition coefficient (Wildman–Crippen LogP) is 2.80. The molecular formula is C20H20N2O. The summed E-state index contributed by atoms with van der Waals surface area (Å²) in [7, 11) is 2.19. The van der Waals surface area contributed by atoms with Crippen molar-refractivity contribution < 1.29 is 4.74 Å². The molecule has 0 saturated carbocycles. The van der Waals surface area contributed by atoms with Crippen molar-refractivity contribution in [2.45, 2.75) is 25.0 Å². The zero-order valence-corrected chi connectivity index (χ0v) is 13.3. The van der Waals surface area contributed by atoms with E-state index < -0.39 is 0 Å². The van der Waals surface area contributed by atoms with Crippen LogP contribution in [-0.2, 0) is 11.2 Å². The summed E-state index contributed by atoms with van der Waals surface area (Å²) in [5.41, 5.74) is 4.39. The number of ether oxygens (including phenoxy) is 1. The standard InChI is InChI=1S/C20H20N2O/c1-22-11-12-23-20-17-13-16(8-7-15-5-3-2-4-6-15)14-21-18(17)9-10-19(20)22/h2-6,13-14,19-20H,9-12H2,1H3/t19-,20+/m1/s1. The van der Waals surface area contributed by atoms with Crippen LogP contribution in [0.25, 0.3) is 0 Å². The molecular weight excluding hydrogens is 284 g/mol. The number of aryl methyl sites for hydroxylation is 1. The molecule has 0 amide bonds. The second kappa shape index (κ2) is 6.16. The Morgan fingerprint density at radius 1 is 1.17 bits per heavy atom. The molecule has 0 N–H and O–H groups in total. The smallest absolute Gasteiger partial charge is 0.0998 e. The normalized spacial score (nSPS) is 23.3. The molecule has 2 atom stereocenters. The van der Waals surface area contributed by atoms with E-state index in [-0.39, 0.29) is 6.10 Å². The van der Waals surface area contributed by atoms with Crippen LogP contribution in [0, 0.1) is 11.8 Å². The molecule has 1 aromatic heterocycles. The largest absolute Gasteiger partial charge is 0.370 e. The topological polar surface area (TPSA) is 25.4 Å². The lowest BCUT2D eigenvalue weighted by Gasteiger charge is -2.42. The molecule has 0 bridgehead atoms. The monoisotopic (exact) mass is 304 g/mol. The van der Waals surface area contributed by atoms with Gasteiger partial charge in [-0.1, -0.05) is 30.0 Å². The molecule has 1 fully saturated rings. The maximum atomic E-state index is 6.07. The van der Waals surface area contributed by atoms with E-state index in [1.807, 2.05) is 36.5 Å². The van der Waals surface area contributed by atoms with E-state index in [1.54, 1.807) is 0 Å². The van der Waals surface area contributed by atoms with Gasteiger partial charge in [-0.15, -0.1) is 0 Å². The van der Waals surface area contributed by atoms with Crippen molar-refractivity contribution in [2.75, 3.05) is 20.2 Å². The molecule has 3 heteroatoms. The van der Waals surface area contributed by atoms with Crippen LogP contribution in [0.5, 0.6) is 0 Å². The first-order chi connectivity index (χ1) is 11.3. The second-order valence-corrected chi connectivity index (χ2v) is 6.25. The third-order valence-corrected chi connectivity index (χ3v) is 4.77. The lowest BCUT2D eigenvalue weighted by molar-refractivity contribution is -0.0710. The molecule has 2 aliphatic rings. The van der Waals surface area contributed by atoms with Gasteiger partial charge in [-0.05, 0) is 38.1 Å². The molecule has 0 unspecified atom stereocenters. The molecule has 2 aromatic rings. The quantitative estimate of drug-likeness (QED) is 0.700. The van der Waals surface area contributed by atoms with Gasteiger partial charge in [0.1, 0.15) is 0 Å². The van der Waals surface area contributed by atoms with E-state index in [4.69, 9.17) is 4.74 Å². The highest BCUT2D eigenvalue weighted by molar-refractivity contribution is 5.44. The average molecular weight is 304 g/mol. The van der Waals surface area contributed by atoms with Crippen molar-refractivity contribution >= 4 is 0 Å². The molecule has 2 heterocycles. The summed E-state index contributed by atoms with van der Waals surface area (Å²) in [5.74, 6) is 6.44. The zero-order chi connectivity index (χ0) is 15.6. The van der Waals surface area contributed by atoms with Crippen LogP contribution in [0.4, 0.5) is 0 Å². The Labute approximate surface area is 137 Å². The lowest BCUT2D eigenvalue weighted by atomic mass is 9.86. The van der Waals surface area contributed by atoms with Crippen LogP contribution in [0.1, 0.15) is 34.9 Å². The summed E-state index contributed by atoms with van der Waals surface area (Å²) in [6, 6.07) is 12.7. The maximum Gasteiger partial charge on any atom is 0.0998 e. The first-order valence-electron chi connectivity index (χ1n) is 8.19. The Balaban J connectivity index is 1.65. The van der Waals surface area contributed by atoms with E-state index in [1.165, 1.54) is 11.3 Å². The number of fused-ring (bicyclic) bond motifs is 3. The number of rotatable bonds is 0. The molecule has 4 rings (SSSR count). The number of hydrogen-bond acceptors (Lipinski definition) is 3. The van der Waals surface area contributed by atoms with Crippen LogP contribution in [0.2, 0.25) is 0 Å². The van der Waals surface area contributed by atoms with Gasteiger partial charge in [-0.25, -0.2) is 0 Å². The number of aromatic nitrogens is 1. The van der Waals surface area contributed by atoms with Gasteiger partial charge < -0.3 is 4.74 Å². The maximum absolute atomic E-state index is 6.07. The zero-order valence-electron chi connectivity index (χ0n) is 13.3. The van der Waals surface area contributed by atoms with Crippen molar-refractivity contribution in [3.8, 4) is 11.8 Å². The van der Waals surface area contributed by atoms with E-state index in [2.05, 4.69) is 34.8 Å². The van der Waals surface area contributed by atoms with Gasteiger partial charge >= 0.3 is 0 Å². The predicted molar refractivity (Wildman–Crippen MR) is 90.1 cm³/mol. The van der Waals surface area contributed by atoms with Gasteiger partial charge in [-0.3, -0.25) is 9.88 Å². The molecule has 116 valence electrons. The third-order valence-electron chi connectivity index (χ3n) is 4.77. The number of benzene rings is 1. The van der Waals surface area contributed by atoms with Gasteiger partial charge in [0.05, 0.1) is 12.7 Å². The molecule has 0 spiro atoms. The molecule has 23 heavy (non-hydrogen) atoms. The second-order valence-electron chi connectivity index (χ2n) is 6.25. The van der Waals surface area contributed by atoms with Crippen LogP contribution < -0.4 is 0 Å². The van der Waals surface area contributed by atoms with Crippen molar-refractivity contribution in [3.63, 3.8) is 0 Å². The third kappa shape index (κ3) is 2.88. The summed E-state index contributed by atoms with van der Waals surface area (Å²) in [4.78, 5) is 7.06. The Hall–Kier alpha value is -2.15. The van der Waals surface area contributed by atoms with Gasteiger partial charge in [0.15, 0.2) is 0 Å². The number of pyridine rings is 1. The molecule has 0 radical (unpaired) electrons. The van der Waals surface area contributed by atoms with Crippen LogP contribution in [0.3, 0.4) is 0 Å². The Bertz CT molecular complexity index is 760. The highest BCUT2D eigenvalue weighted by atomic mass is 16.5. The van der Waals surface area contributed by atoms with Crippen molar-refractivity contribution in [1.82, 2.24) is 9.88 Å². The first-order valence-corrected chi connectivity index (χ1v) is 8.19. The minimum Gasteiger partial charge on any atom is -0.370 e. The summed E-state index contributed by atoms with van der Waals surface area (Å²) in [6.45, 7) is 1.80. The number of morpholine rings is 1. The van der Waals surface area contributed by atoms with E-state index in [0.29, 0.717) is 6.04 Å². The SMILES string of the molecule is CN1CCO[C@H]2c3cc(C#Cc4ccccc4)cnc3CC[C@H]21. The van der Waals surface area contributed by atoms with Crippen LogP contribution >= 0.6 is 0 Å². The fourth-order valence-corrected chi connectivity index (χ4v) is 3.48. The van der Waals surface area contributed by atoms with Gasteiger partial charge in [0, 0.05) is 41.2 Å². The molecule has 1 saturated heterocycles. The minimum atomic E-state index is 0.142. The molecule has 1 aliphatic carbocycles. The Morgan fingerprint density at radius 2 is 2.00 bits per heavy atom. The van der Waals surface area contributed by atoms with E-state index >= 15 is 0 Å². The number of nitrogens with zero attached hydrogens (tertiary/aromatic N) is 2. The fourth-order valence-electron chi connectivity index (χ4n) is 3.48. The minimum absolute atomic E-state index is 0.142. The highest BCUT2D eigenvalue weighted by Crippen LogP contribution is 2.36. The fraction of sp³-hybridized carbons (Fsp3) is 0.350. The number of hydrogen-bond donors (Lipinski definition) is 0. The van der Waals surface area contributed by atoms with Gasteiger partial charge in [0.2, 0.25) is 0 Å².